The highest BCUT2D eigenvalue weighted by Crippen LogP contribution is 2.29. The largest absolute Gasteiger partial charge is 0.464 e. The molecule has 1 aliphatic carbocycles. The fraction of sp³-hybridized carbons (Fsp3) is 0.750. The number of nitrogens with zero attached hydrogens (tertiary/aromatic N) is 3. The van der Waals surface area contributed by atoms with E-state index in [4.69, 9.17) is 9.47 Å². The van der Waals surface area contributed by atoms with Crippen LogP contribution in [-0.4, -0.2) is 34.7 Å². The van der Waals surface area contributed by atoms with E-state index in [9.17, 15) is 0 Å². The normalized spacial score (nSPS) is 14.3. The fourth-order valence-corrected chi connectivity index (χ4v) is 1.39. The smallest absolute Gasteiger partial charge is 0.324 e. The van der Waals surface area contributed by atoms with Gasteiger partial charge in [-0.3, -0.25) is 0 Å². The maximum Gasteiger partial charge on any atom is 0.324 e. The highest BCUT2D eigenvalue weighted by Gasteiger charge is 2.22. The summed E-state index contributed by atoms with van der Waals surface area (Å²) in [6.45, 7) is 6.01. The zero-order valence-electron chi connectivity index (χ0n) is 11.0. The van der Waals surface area contributed by atoms with Gasteiger partial charge in [-0.25, -0.2) is 0 Å². The Labute approximate surface area is 107 Å². The van der Waals surface area contributed by atoms with Crippen molar-refractivity contribution in [2.75, 3.05) is 25.1 Å². The van der Waals surface area contributed by atoms with Crippen LogP contribution in [-0.2, 0) is 0 Å². The van der Waals surface area contributed by atoms with Gasteiger partial charge in [0.2, 0.25) is 5.95 Å². The van der Waals surface area contributed by atoms with E-state index < -0.39 is 0 Å². The summed E-state index contributed by atoms with van der Waals surface area (Å²) in [7, 11) is 0. The van der Waals surface area contributed by atoms with Gasteiger partial charge in [-0.2, -0.15) is 9.97 Å². The first kappa shape index (κ1) is 12.9. The van der Waals surface area contributed by atoms with Gasteiger partial charge >= 0.3 is 12.0 Å². The van der Waals surface area contributed by atoms with Gasteiger partial charge in [0.1, 0.15) is 0 Å². The molecule has 1 fully saturated rings. The zero-order chi connectivity index (χ0) is 12.8. The van der Waals surface area contributed by atoms with E-state index in [-0.39, 0.29) is 0 Å². The van der Waals surface area contributed by atoms with Crippen molar-refractivity contribution in [1.82, 2.24) is 15.0 Å². The second-order valence-electron chi connectivity index (χ2n) is 4.34. The monoisotopic (exact) mass is 252 g/mol. The number of aromatic nitrogens is 3. The molecule has 6 heteroatoms. The molecule has 0 amide bonds. The van der Waals surface area contributed by atoms with Crippen LogP contribution in [0.2, 0.25) is 0 Å². The first-order valence-electron chi connectivity index (χ1n) is 6.57. The minimum Gasteiger partial charge on any atom is -0.464 e. The van der Waals surface area contributed by atoms with Crippen LogP contribution in [0.25, 0.3) is 0 Å². The molecule has 0 radical (unpaired) electrons. The minimum absolute atomic E-state index is 0.317. The van der Waals surface area contributed by atoms with Crippen LogP contribution in [0.4, 0.5) is 5.95 Å². The van der Waals surface area contributed by atoms with Gasteiger partial charge < -0.3 is 14.8 Å². The molecule has 0 atom stereocenters. The van der Waals surface area contributed by atoms with Crippen LogP contribution in [0.1, 0.15) is 33.1 Å². The van der Waals surface area contributed by atoms with Gasteiger partial charge in [0.05, 0.1) is 13.2 Å². The molecule has 0 aromatic carbocycles. The molecule has 0 unspecified atom stereocenters. The topological polar surface area (TPSA) is 69.2 Å². The molecule has 1 saturated carbocycles. The average molecular weight is 252 g/mol. The van der Waals surface area contributed by atoms with E-state index in [0.717, 1.165) is 13.0 Å². The number of rotatable bonds is 8. The molecule has 0 aliphatic heterocycles. The molecule has 1 heterocycles. The van der Waals surface area contributed by atoms with E-state index in [1.54, 1.807) is 0 Å². The molecule has 1 aliphatic rings. The molecular formula is C12H20N4O2. The molecule has 18 heavy (non-hydrogen) atoms. The van der Waals surface area contributed by atoms with Crippen molar-refractivity contribution in [2.24, 2.45) is 5.92 Å². The molecule has 100 valence electrons. The third-order valence-electron chi connectivity index (χ3n) is 2.55. The van der Waals surface area contributed by atoms with Crippen LogP contribution >= 0.6 is 0 Å². The third kappa shape index (κ3) is 4.01. The first-order chi connectivity index (χ1) is 8.81. The summed E-state index contributed by atoms with van der Waals surface area (Å²) in [6.07, 6.45) is 3.49. The second-order valence-corrected chi connectivity index (χ2v) is 4.34. The molecule has 6 nitrogen and oxygen atoms in total. The SMILES string of the molecule is CCCNc1nc(OCC)nc(OCC2CC2)n1. The molecule has 0 saturated heterocycles. The van der Waals surface area contributed by atoms with Crippen molar-refractivity contribution in [1.29, 1.82) is 0 Å². The van der Waals surface area contributed by atoms with Crippen LogP contribution in [0.15, 0.2) is 0 Å². The van der Waals surface area contributed by atoms with E-state index in [1.165, 1.54) is 12.8 Å². The van der Waals surface area contributed by atoms with Crippen molar-refractivity contribution < 1.29 is 9.47 Å². The predicted molar refractivity (Wildman–Crippen MR) is 68.0 cm³/mol. The Hall–Kier alpha value is -1.59. The molecule has 0 spiro atoms. The van der Waals surface area contributed by atoms with E-state index >= 15 is 0 Å². The summed E-state index contributed by atoms with van der Waals surface area (Å²) < 4.78 is 10.9. The van der Waals surface area contributed by atoms with Crippen LogP contribution in [0.3, 0.4) is 0 Å². The lowest BCUT2D eigenvalue weighted by Gasteiger charge is -2.08. The first-order valence-corrected chi connectivity index (χ1v) is 6.57. The number of hydrogen-bond acceptors (Lipinski definition) is 6. The third-order valence-corrected chi connectivity index (χ3v) is 2.55. The summed E-state index contributed by atoms with van der Waals surface area (Å²) >= 11 is 0. The van der Waals surface area contributed by atoms with Crippen LogP contribution in [0.5, 0.6) is 12.0 Å². The molecule has 2 rings (SSSR count). The quantitative estimate of drug-likeness (QED) is 0.762. The standard InChI is InChI=1S/C12H20N4O2/c1-3-7-13-10-14-11(17-4-2)16-12(15-10)18-8-9-5-6-9/h9H,3-8H2,1-2H3,(H,13,14,15,16). The van der Waals surface area contributed by atoms with Crippen LogP contribution < -0.4 is 14.8 Å². The van der Waals surface area contributed by atoms with Crippen molar-refractivity contribution in [3.8, 4) is 12.0 Å². The molecule has 1 N–H and O–H groups in total. The van der Waals surface area contributed by atoms with Gasteiger partial charge in [0.15, 0.2) is 0 Å². The highest BCUT2D eigenvalue weighted by molar-refractivity contribution is 5.27. The summed E-state index contributed by atoms with van der Waals surface area (Å²) in [6, 6.07) is 0.663. The Morgan fingerprint density at radius 3 is 2.44 bits per heavy atom. The van der Waals surface area contributed by atoms with Crippen molar-refractivity contribution in [2.45, 2.75) is 33.1 Å². The van der Waals surface area contributed by atoms with E-state index in [1.807, 2.05) is 6.92 Å². The second kappa shape index (κ2) is 6.37. The lowest BCUT2D eigenvalue weighted by atomic mass is 10.5. The Morgan fingerprint density at radius 1 is 1.11 bits per heavy atom. The van der Waals surface area contributed by atoms with Gasteiger partial charge in [0.25, 0.3) is 0 Å². The predicted octanol–water partition coefficient (Wildman–Crippen LogP) is 1.88. The van der Waals surface area contributed by atoms with Crippen molar-refractivity contribution >= 4 is 5.95 Å². The highest BCUT2D eigenvalue weighted by atomic mass is 16.5. The van der Waals surface area contributed by atoms with Gasteiger partial charge in [-0.05, 0) is 32.1 Å². The zero-order valence-corrected chi connectivity index (χ0v) is 11.0. The number of anilines is 1. The molecule has 1 aromatic heterocycles. The van der Waals surface area contributed by atoms with E-state index in [0.29, 0.717) is 37.1 Å². The average Bonchev–Trinajstić information content (AvgIpc) is 3.18. The molecular weight excluding hydrogens is 232 g/mol. The Morgan fingerprint density at radius 2 is 1.83 bits per heavy atom. The molecule has 0 bridgehead atoms. The number of ether oxygens (including phenoxy) is 2. The van der Waals surface area contributed by atoms with Gasteiger partial charge in [-0.1, -0.05) is 6.92 Å². The Balaban J connectivity index is 2.01. The minimum atomic E-state index is 0.317. The number of hydrogen-bond donors (Lipinski definition) is 1. The lowest BCUT2D eigenvalue weighted by Crippen LogP contribution is -2.10. The maximum atomic E-state index is 5.56. The van der Waals surface area contributed by atoms with Crippen molar-refractivity contribution in [3.05, 3.63) is 0 Å². The summed E-state index contributed by atoms with van der Waals surface area (Å²) in [4.78, 5) is 12.5. The van der Waals surface area contributed by atoms with Gasteiger partial charge in [-0.15, -0.1) is 4.98 Å². The van der Waals surface area contributed by atoms with Crippen LogP contribution in [0, 0.1) is 5.92 Å². The molecule has 1 aromatic rings. The summed E-state index contributed by atoms with van der Waals surface area (Å²) in [5.41, 5.74) is 0. The Kier molecular flexibility index (Phi) is 4.55. The van der Waals surface area contributed by atoms with E-state index in [2.05, 4.69) is 27.2 Å². The summed E-state index contributed by atoms with van der Waals surface area (Å²) in [5, 5.41) is 3.11. The Bertz CT molecular complexity index is 382. The lowest BCUT2D eigenvalue weighted by molar-refractivity contribution is 0.259. The van der Waals surface area contributed by atoms with Gasteiger partial charge in [0, 0.05) is 6.54 Å². The maximum absolute atomic E-state index is 5.56. The number of nitrogens with one attached hydrogen (secondary N) is 1. The van der Waals surface area contributed by atoms with Crippen molar-refractivity contribution in [3.63, 3.8) is 0 Å². The summed E-state index contributed by atoms with van der Waals surface area (Å²) in [5.74, 6) is 1.19. The fourth-order valence-electron chi connectivity index (χ4n) is 1.39.